The van der Waals surface area contributed by atoms with E-state index in [4.69, 9.17) is 10.5 Å². The second-order valence-electron chi connectivity index (χ2n) is 4.27. The molecule has 0 saturated carbocycles. The van der Waals surface area contributed by atoms with Gasteiger partial charge in [0.2, 0.25) is 5.88 Å². The number of nitrogen functional groups attached to an aromatic ring is 1. The lowest BCUT2D eigenvalue weighted by Crippen LogP contribution is -2.29. The van der Waals surface area contributed by atoms with E-state index in [1.54, 1.807) is 30.3 Å². The molecule has 1 aliphatic heterocycles. The van der Waals surface area contributed by atoms with Crippen molar-refractivity contribution in [1.82, 2.24) is 4.98 Å². The number of benzene rings is 1. The summed E-state index contributed by atoms with van der Waals surface area (Å²) in [6.45, 7) is 0. The van der Waals surface area contributed by atoms with Gasteiger partial charge in [-0.05, 0) is 18.2 Å². The highest BCUT2D eigenvalue weighted by molar-refractivity contribution is 6.35. The monoisotopic (exact) mass is 269 g/mol. The van der Waals surface area contributed by atoms with E-state index in [-0.39, 0.29) is 5.56 Å². The van der Waals surface area contributed by atoms with Gasteiger partial charge in [-0.15, -0.1) is 0 Å². The fourth-order valence-corrected chi connectivity index (χ4v) is 2.17. The quantitative estimate of drug-likeness (QED) is 0.659. The van der Waals surface area contributed by atoms with Crippen LogP contribution in [0.2, 0.25) is 0 Å². The number of carbonyl (C=O) groups excluding carboxylic acids is 2. The van der Waals surface area contributed by atoms with Crippen LogP contribution in [0.3, 0.4) is 0 Å². The molecule has 0 saturated heterocycles. The van der Waals surface area contributed by atoms with Crippen LogP contribution in [0.25, 0.3) is 0 Å². The van der Waals surface area contributed by atoms with Crippen molar-refractivity contribution in [2.75, 3.05) is 17.7 Å². The Morgan fingerprint density at radius 1 is 1.15 bits per heavy atom. The van der Waals surface area contributed by atoms with Gasteiger partial charge in [-0.25, -0.2) is 9.88 Å². The van der Waals surface area contributed by atoms with Crippen LogP contribution in [0, 0.1) is 0 Å². The van der Waals surface area contributed by atoms with Gasteiger partial charge in [0, 0.05) is 11.8 Å². The van der Waals surface area contributed by atoms with Crippen molar-refractivity contribution in [3.8, 4) is 5.88 Å². The molecule has 0 atom stereocenters. The molecule has 20 heavy (non-hydrogen) atoms. The molecular formula is C14H11N3O3. The van der Waals surface area contributed by atoms with E-state index in [1.165, 1.54) is 13.3 Å². The van der Waals surface area contributed by atoms with Crippen LogP contribution in [0.1, 0.15) is 20.7 Å². The van der Waals surface area contributed by atoms with Gasteiger partial charge >= 0.3 is 0 Å². The maximum absolute atomic E-state index is 12.3. The number of rotatable bonds is 2. The third-order valence-electron chi connectivity index (χ3n) is 3.14. The van der Waals surface area contributed by atoms with Gasteiger partial charge in [-0.1, -0.05) is 6.07 Å². The maximum atomic E-state index is 12.3. The van der Waals surface area contributed by atoms with Gasteiger partial charge in [0.1, 0.15) is 0 Å². The third kappa shape index (κ3) is 1.62. The highest BCUT2D eigenvalue weighted by Gasteiger charge is 2.38. The standard InChI is InChI=1S/C14H11N3O3/c1-20-11-6-5-8(7-16-11)17-13(18)9-3-2-4-10(15)12(9)14(17)19/h2-7H,15H2,1H3. The molecule has 2 amide bonds. The summed E-state index contributed by atoms with van der Waals surface area (Å²) >= 11 is 0. The van der Waals surface area contributed by atoms with Crippen LogP contribution in [0.5, 0.6) is 5.88 Å². The predicted molar refractivity (Wildman–Crippen MR) is 72.8 cm³/mol. The normalized spacial score (nSPS) is 13.6. The summed E-state index contributed by atoms with van der Waals surface area (Å²) in [5.41, 5.74) is 7.01. The number of pyridine rings is 1. The summed E-state index contributed by atoms with van der Waals surface area (Å²) in [5.74, 6) is -0.427. The molecule has 0 aliphatic carbocycles. The molecule has 2 heterocycles. The number of nitrogens with zero attached hydrogens (tertiary/aromatic N) is 2. The fourth-order valence-electron chi connectivity index (χ4n) is 2.17. The fraction of sp³-hybridized carbons (Fsp3) is 0.0714. The molecule has 0 unspecified atom stereocenters. The SMILES string of the molecule is COc1ccc(N2C(=O)c3cccc(N)c3C2=O)cn1. The van der Waals surface area contributed by atoms with Gasteiger partial charge < -0.3 is 10.5 Å². The van der Waals surface area contributed by atoms with Crippen molar-refractivity contribution < 1.29 is 14.3 Å². The van der Waals surface area contributed by atoms with Gasteiger partial charge in [0.25, 0.3) is 11.8 Å². The number of hydrogen-bond donors (Lipinski definition) is 1. The number of methoxy groups -OCH3 is 1. The van der Waals surface area contributed by atoms with Crippen molar-refractivity contribution in [2.24, 2.45) is 0 Å². The minimum absolute atomic E-state index is 0.244. The first-order chi connectivity index (χ1) is 9.63. The molecule has 2 aromatic rings. The summed E-state index contributed by atoms with van der Waals surface area (Å²) in [4.78, 5) is 29.7. The highest BCUT2D eigenvalue weighted by atomic mass is 16.5. The average Bonchev–Trinajstić information content (AvgIpc) is 2.72. The molecule has 2 N–H and O–H groups in total. The summed E-state index contributed by atoms with van der Waals surface area (Å²) < 4.78 is 4.95. The van der Waals surface area contributed by atoms with Crippen molar-refractivity contribution in [3.63, 3.8) is 0 Å². The van der Waals surface area contributed by atoms with Crippen molar-refractivity contribution in [1.29, 1.82) is 0 Å². The Hall–Kier alpha value is -2.89. The maximum Gasteiger partial charge on any atom is 0.268 e. The third-order valence-corrected chi connectivity index (χ3v) is 3.14. The minimum Gasteiger partial charge on any atom is -0.481 e. The Labute approximate surface area is 114 Å². The molecule has 3 rings (SSSR count). The molecule has 1 aliphatic rings. The lowest BCUT2D eigenvalue weighted by atomic mass is 10.1. The molecule has 1 aromatic carbocycles. The first-order valence-electron chi connectivity index (χ1n) is 5.91. The highest BCUT2D eigenvalue weighted by Crippen LogP contribution is 2.31. The Morgan fingerprint density at radius 3 is 2.55 bits per heavy atom. The number of fused-ring (bicyclic) bond motifs is 1. The number of anilines is 2. The number of carbonyl (C=O) groups is 2. The zero-order chi connectivity index (χ0) is 14.3. The first-order valence-corrected chi connectivity index (χ1v) is 5.91. The number of aromatic nitrogens is 1. The number of amides is 2. The number of hydrogen-bond acceptors (Lipinski definition) is 5. The van der Waals surface area contributed by atoms with Gasteiger partial charge in [0.05, 0.1) is 30.1 Å². The van der Waals surface area contributed by atoms with Crippen molar-refractivity contribution in [3.05, 3.63) is 47.7 Å². The van der Waals surface area contributed by atoms with E-state index in [0.29, 0.717) is 22.8 Å². The van der Waals surface area contributed by atoms with Crippen LogP contribution >= 0.6 is 0 Å². The van der Waals surface area contributed by atoms with E-state index < -0.39 is 11.8 Å². The van der Waals surface area contributed by atoms with Crippen LogP contribution in [0.15, 0.2) is 36.5 Å². The van der Waals surface area contributed by atoms with Crippen LogP contribution < -0.4 is 15.4 Å². The minimum atomic E-state index is -0.435. The number of imide groups is 1. The van der Waals surface area contributed by atoms with Crippen molar-refractivity contribution >= 4 is 23.2 Å². The first kappa shape index (κ1) is 12.2. The lowest BCUT2D eigenvalue weighted by molar-refractivity contribution is 0.0926. The second kappa shape index (κ2) is 4.34. The smallest absolute Gasteiger partial charge is 0.268 e. The van der Waals surface area contributed by atoms with Crippen molar-refractivity contribution in [2.45, 2.75) is 0 Å². The molecule has 1 aromatic heterocycles. The molecule has 6 nitrogen and oxygen atoms in total. The molecule has 6 heteroatoms. The van der Waals surface area contributed by atoms with E-state index in [9.17, 15) is 9.59 Å². The Balaban J connectivity index is 2.07. The number of ether oxygens (including phenoxy) is 1. The zero-order valence-electron chi connectivity index (χ0n) is 10.7. The molecular weight excluding hydrogens is 258 g/mol. The van der Waals surface area contributed by atoms with Gasteiger partial charge in [0.15, 0.2) is 0 Å². The summed E-state index contributed by atoms with van der Waals surface area (Å²) in [7, 11) is 1.49. The summed E-state index contributed by atoms with van der Waals surface area (Å²) in [6.07, 6.45) is 1.41. The molecule has 0 fully saturated rings. The van der Waals surface area contributed by atoms with E-state index >= 15 is 0 Å². The average molecular weight is 269 g/mol. The summed E-state index contributed by atoms with van der Waals surface area (Å²) in [5, 5.41) is 0. The van der Waals surface area contributed by atoms with Crippen LogP contribution in [-0.4, -0.2) is 23.9 Å². The Bertz CT molecular complexity index is 710. The Kier molecular flexibility index (Phi) is 2.64. The van der Waals surface area contributed by atoms with Crippen LogP contribution in [0.4, 0.5) is 11.4 Å². The molecule has 0 spiro atoms. The summed E-state index contributed by atoms with van der Waals surface area (Å²) in [6, 6.07) is 8.02. The second-order valence-corrected chi connectivity index (χ2v) is 4.27. The molecule has 0 radical (unpaired) electrons. The lowest BCUT2D eigenvalue weighted by Gasteiger charge is -2.13. The Morgan fingerprint density at radius 2 is 1.95 bits per heavy atom. The topological polar surface area (TPSA) is 85.5 Å². The van der Waals surface area contributed by atoms with Gasteiger partial charge in [-0.3, -0.25) is 9.59 Å². The van der Waals surface area contributed by atoms with E-state index in [1.807, 2.05) is 0 Å². The zero-order valence-corrected chi connectivity index (χ0v) is 10.7. The van der Waals surface area contributed by atoms with E-state index in [2.05, 4.69) is 4.98 Å². The van der Waals surface area contributed by atoms with Gasteiger partial charge in [-0.2, -0.15) is 0 Å². The predicted octanol–water partition coefficient (Wildman–Crippen LogP) is 1.47. The molecule has 100 valence electrons. The largest absolute Gasteiger partial charge is 0.481 e. The van der Waals surface area contributed by atoms with Crippen LogP contribution in [-0.2, 0) is 0 Å². The molecule has 0 bridgehead atoms. The number of nitrogens with two attached hydrogens (primary N) is 1. The van der Waals surface area contributed by atoms with E-state index in [0.717, 1.165) is 4.90 Å².